The smallest absolute Gasteiger partial charge is 0.0913 e. The van der Waals surface area contributed by atoms with Crippen LogP contribution in [0.25, 0.3) is 0 Å². The van der Waals surface area contributed by atoms with Crippen LogP contribution in [0.3, 0.4) is 0 Å². The van der Waals surface area contributed by atoms with Gasteiger partial charge in [0.2, 0.25) is 0 Å². The highest BCUT2D eigenvalue weighted by atomic mass is 28.3. The van der Waals surface area contributed by atoms with E-state index < -0.39 is 8.07 Å². The molecule has 17 heavy (non-hydrogen) atoms. The molecular formula is C16H32Si. The van der Waals surface area contributed by atoms with Gasteiger partial charge in [0.25, 0.3) is 0 Å². The minimum absolute atomic E-state index is 0.835. The highest BCUT2D eigenvalue weighted by molar-refractivity contribution is 6.91. The Labute approximate surface area is 110 Å². The number of rotatable bonds is 6. The first-order chi connectivity index (χ1) is 7.80. The third-order valence-electron chi connectivity index (χ3n) is 4.01. The van der Waals surface area contributed by atoms with Gasteiger partial charge >= 0.3 is 0 Å². The molecule has 0 aliphatic heterocycles. The largest absolute Gasteiger partial charge is 0.107 e. The molecular weight excluding hydrogens is 220 g/mol. The van der Waals surface area contributed by atoms with E-state index >= 15 is 0 Å². The fraction of sp³-hybridized carbons (Fsp3) is 0.750. The molecule has 0 fully saturated rings. The molecule has 0 aromatic rings. The van der Waals surface area contributed by atoms with Gasteiger partial charge in [0.1, 0.15) is 8.07 Å². The molecule has 0 saturated carbocycles. The highest BCUT2D eigenvalue weighted by Gasteiger charge is 2.38. The highest BCUT2D eigenvalue weighted by Crippen LogP contribution is 2.40. The predicted octanol–water partition coefficient (Wildman–Crippen LogP) is 6.05. The van der Waals surface area contributed by atoms with Crippen LogP contribution in [0.1, 0.15) is 68.2 Å². The van der Waals surface area contributed by atoms with Crippen LogP contribution in [0.15, 0.2) is 22.5 Å². The second-order valence-electron chi connectivity index (χ2n) is 6.06. The van der Waals surface area contributed by atoms with Crippen molar-refractivity contribution in [3.63, 3.8) is 0 Å². The van der Waals surface area contributed by atoms with E-state index in [9.17, 15) is 0 Å². The Kier molecular flexibility index (Phi) is 7.07. The number of hydrogen-bond acceptors (Lipinski definition) is 0. The lowest BCUT2D eigenvalue weighted by atomic mass is 10.3. The van der Waals surface area contributed by atoms with Crippen molar-refractivity contribution in [3.05, 3.63) is 22.5 Å². The van der Waals surface area contributed by atoms with E-state index in [0.29, 0.717) is 0 Å². The summed E-state index contributed by atoms with van der Waals surface area (Å²) in [6.07, 6.45) is 2.59. The molecule has 0 aromatic carbocycles. The first-order valence-corrected chi connectivity index (χ1v) is 9.43. The normalized spacial score (nSPS) is 15.1. The Morgan fingerprint density at radius 2 is 1.12 bits per heavy atom. The monoisotopic (exact) mass is 252 g/mol. The summed E-state index contributed by atoms with van der Waals surface area (Å²) in [4.78, 5) is 0. The topological polar surface area (TPSA) is 0 Å². The first kappa shape index (κ1) is 16.7. The Hall–Kier alpha value is -0.303. The molecule has 0 aromatic heterocycles. The zero-order chi connectivity index (χ0) is 13.6. The van der Waals surface area contributed by atoms with Gasteiger partial charge in [-0.15, -0.1) is 0 Å². The van der Waals surface area contributed by atoms with Crippen LogP contribution in [0.2, 0.25) is 11.1 Å². The molecule has 2 unspecified atom stereocenters. The molecule has 0 radical (unpaired) electrons. The second kappa shape index (κ2) is 7.20. The average molecular weight is 253 g/mol. The fourth-order valence-electron chi connectivity index (χ4n) is 2.80. The van der Waals surface area contributed by atoms with Crippen molar-refractivity contribution in [2.75, 3.05) is 0 Å². The van der Waals surface area contributed by atoms with Gasteiger partial charge in [0, 0.05) is 0 Å². The number of allylic oxidation sites excluding steroid dienone is 2. The van der Waals surface area contributed by atoms with Gasteiger partial charge in [0.05, 0.1) is 0 Å². The zero-order valence-electron chi connectivity index (χ0n) is 13.2. The molecule has 0 aliphatic rings. The van der Waals surface area contributed by atoms with Crippen molar-refractivity contribution in [3.8, 4) is 0 Å². The standard InChI is InChI=1S/C16H32Si/c1-9-15(7)17(11-13(3)4,12-14(5)6)16(8)10-2/h11-12,15-16H,9-10H2,1-8H3. The van der Waals surface area contributed by atoms with E-state index in [2.05, 4.69) is 66.8 Å². The maximum absolute atomic E-state index is 2.64. The van der Waals surface area contributed by atoms with Gasteiger partial charge in [-0.3, -0.25) is 0 Å². The molecule has 0 bridgehead atoms. The van der Waals surface area contributed by atoms with Crippen molar-refractivity contribution in [2.45, 2.75) is 79.3 Å². The maximum Gasteiger partial charge on any atom is 0.107 e. The van der Waals surface area contributed by atoms with Crippen molar-refractivity contribution in [1.82, 2.24) is 0 Å². The van der Waals surface area contributed by atoms with Gasteiger partial charge in [0.15, 0.2) is 0 Å². The number of hydrogen-bond donors (Lipinski definition) is 0. The molecule has 100 valence electrons. The third-order valence-corrected chi connectivity index (χ3v) is 10.4. The molecule has 0 rings (SSSR count). The van der Waals surface area contributed by atoms with Gasteiger partial charge in [-0.2, -0.15) is 0 Å². The van der Waals surface area contributed by atoms with E-state index in [4.69, 9.17) is 0 Å². The van der Waals surface area contributed by atoms with Crippen LogP contribution in [-0.4, -0.2) is 8.07 Å². The molecule has 0 amide bonds. The second-order valence-corrected chi connectivity index (χ2v) is 10.6. The maximum atomic E-state index is 2.64. The first-order valence-electron chi connectivity index (χ1n) is 7.12. The average Bonchev–Trinajstić information content (AvgIpc) is 2.24. The summed E-state index contributed by atoms with van der Waals surface area (Å²) >= 11 is 0. The van der Waals surface area contributed by atoms with E-state index in [0.717, 1.165) is 11.1 Å². The van der Waals surface area contributed by atoms with Crippen LogP contribution in [0, 0.1) is 0 Å². The summed E-state index contributed by atoms with van der Waals surface area (Å²) in [5.74, 6) is 0. The predicted molar refractivity (Wildman–Crippen MR) is 84.0 cm³/mol. The lowest BCUT2D eigenvalue weighted by molar-refractivity contribution is 0.771. The summed E-state index contributed by atoms with van der Waals surface area (Å²) in [5.41, 5.74) is 9.94. The summed E-state index contributed by atoms with van der Waals surface area (Å²) in [7, 11) is -1.45. The summed E-state index contributed by atoms with van der Waals surface area (Å²) in [6, 6.07) is 0. The lowest BCUT2D eigenvalue weighted by Crippen LogP contribution is -2.40. The van der Waals surface area contributed by atoms with Crippen LogP contribution >= 0.6 is 0 Å². The van der Waals surface area contributed by atoms with E-state index in [1.807, 2.05) is 0 Å². The molecule has 2 atom stereocenters. The van der Waals surface area contributed by atoms with E-state index in [1.54, 1.807) is 0 Å². The van der Waals surface area contributed by atoms with Crippen LogP contribution in [0.5, 0.6) is 0 Å². The van der Waals surface area contributed by atoms with Crippen molar-refractivity contribution in [2.24, 2.45) is 0 Å². The minimum atomic E-state index is -1.45. The third kappa shape index (κ3) is 4.46. The minimum Gasteiger partial charge on any atom is -0.0913 e. The zero-order valence-corrected chi connectivity index (χ0v) is 14.2. The fourth-order valence-corrected chi connectivity index (χ4v) is 8.41. The van der Waals surface area contributed by atoms with E-state index in [-0.39, 0.29) is 0 Å². The lowest BCUT2D eigenvalue weighted by Gasteiger charge is -2.38. The molecule has 0 heterocycles. The summed E-state index contributed by atoms with van der Waals surface area (Å²) in [6.45, 7) is 18.6. The Balaban J connectivity index is 5.70. The quantitative estimate of drug-likeness (QED) is 0.505. The van der Waals surface area contributed by atoms with Crippen molar-refractivity contribution in [1.29, 1.82) is 0 Å². The Morgan fingerprint density at radius 3 is 1.29 bits per heavy atom. The van der Waals surface area contributed by atoms with Crippen LogP contribution < -0.4 is 0 Å². The SMILES string of the molecule is CCC(C)[Si](C=C(C)C)(C=C(C)C)C(C)CC. The van der Waals surface area contributed by atoms with Gasteiger partial charge in [-0.25, -0.2) is 0 Å². The van der Waals surface area contributed by atoms with Crippen molar-refractivity contribution < 1.29 is 0 Å². The summed E-state index contributed by atoms with van der Waals surface area (Å²) < 4.78 is 0. The molecule has 1 heteroatoms. The van der Waals surface area contributed by atoms with Crippen LogP contribution in [0.4, 0.5) is 0 Å². The van der Waals surface area contributed by atoms with E-state index in [1.165, 1.54) is 24.0 Å². The molecule has 0 aliphatic carbocycles. The molecule has 0 spiro atoms. The molecule has 0 saturated heterocycles. The van der Waals surface area contributed by atoms with Crippen LogP contribution in [-0.2, 0) is 0 Å². The Morgan fingerprint density at radius 1 is 0.824 bits per heavy atom. The summed E-state index contributed by atoms with van der Waals surface area (Å²) in [5, 5.41) is 0. The van der Waals surface area contributed by atoms with Crippen molar-refractivity contribution >= 4 is 8.07 Å². The van der Waals surface area contributed by atoms with Gasteiger partial charge < -0.3 is 0 Å². The molecule has 0 N–H and O–H groups in total. The molecule has 0 nitrogen and oxygen atoms in total. The Bertz CT molecular complexity index is 248. The van der Waals surface area contributed by atoms with Gasteiger partial charge in [-0.05, 0) is 38.8 Å². The van der Waals surface area contributed by atoms with Gasteiger partial charge in [-0.1, -0.05) is 63.1 Å².